The van der Waals surface area contributed by atoms with Crippen LogP contribution in [0.15, 0.2) is 22.7 Å². The third-order valence-electron chi connectivity index (χ3n) is 2.60. The summed E-state index contributed by atoms with van der Waals surface area (Å²) in [5.74, 6) is 2.43. The number of amidine groups is 1. The number of anilines is 1. The van der Waals surface area contributed by atoms with Crippen molar-refractivity contribution in [3.05, 3.63) is 28.2 Å². The van der Waals surface area contributed by atoms with Gasteiger partial charge in [-0.05, 0) is 18.2 Å². The molecule has 0 aromatic heterocycles. The molecular formula is C11H14BrN3S. The number of hydrogen-bond donors (Lipinski definition) is 2. The monoisotopic (exact) mass is 299 g/mol. The third kappa shape index (κ3) is 2.52. The summed E-state index contributed by atoms with van der Waals surface area (Å²) in [7, 11) is 0. The Hall–Kier alpha value is -0.680. The topological polar surface area (TPSA) is 53.1 Å². The van der Waals surface area contributed by atoms with Crippen LogP contribution in [0.25, 0.3) is 0 Å². The fraction of sp³-hybridized carbons (Fsp3) is 0.364. The molecule has 1 fully saturated rings. The van der Waals surface area contributed by atoms with Gasteiger partial charge in [0.2, 0.25) is 0 Å². The van der Waals surface area contributed by atoms with Crippen molar-refractivity contribution >= 4 is 39.2 Å². The minimum atomic E-state index is 0.134. The van der Waals surface area contributed by atoms with Gasteiger partial charge in [-0.15, -0.1) is 0 Å². The van der Waals surface area contributed by atoms with Gasteiger partial charge in [-0.25, -0.2) is 0 Å². The van der Waals surface area contributed by atoms with Gasteiger partial charge in [0, 0.05) is 40.3 Å². The number of halogens is 1. The molecule has 1 aromatic carbocycles. The van der Waals surface area contributed by atoms with E-state index in [0.717, 1.165) is 40.3 Å². The maximum atomic E-state index is 7.62. The Morgan fingerprint density at radius 3 is 2.69 bits per heavy atom. The van der Waals surface area contributed by atoms with Gasteiger partial charge in [0.05, 0.1) is 0 Å². The van der Waals surface area contributed by atoms with E-state index >= 15 is 0 Å². The number of rotatable bonds is 2. The lowest BCUT2D eigenvalue weighted by Crippen LogP contribution is -2.34. The van der Waals surface area contributed by atoms with E-state index in [0.29, 0.717) is 0 Å². The maximum absolute atomic E-state index is 7.62. The predicted molar refractivity (Wildman–Crippen MR) is 74.7 cm³/mol. The number of benzene rings is 1. The van der Waals surface area contributed by atoms with E-state index in [1.807, 2.05) is 30.0 Å². The summed E-state index contributed by atoms with van der Waals surface area (Å²) in [5, 5.41) is 7.62. The lowest BCUT2D eigenvalue weighted by atomic mass is 10.1. The Kier molecular flexibility index (Phi) is 3.76. The van der Waals surface area contributed by atoms with E-state index in [2.05, 4.69) is 20.8 Å². The van der Waals surface area contributed by atoms with Crippen LogP contribution >= 0.6 is 27.7 Å². The van der Waals surface area contributed by atoms with Crippen molar-refractivity contribution in [1.82, 2.24) is 0 Å². The molecule has 1 aliphatic rings. The first-order chi connectivity index (χ1) is 7.68. The van der Waals surface area contributed by atoms with E-state index in [1.54, 1.807) is 0 Å². The fourth-order valence-corrected chi connectivity index (χ4v) is 3.07. The Morgan fingerprint density at radius 1 is 1.38 bits per heavy atom. The van der Waals surface area contributed by atoms with Gasteiger partial charge in [0.1, 0.15) is 5.84 Å². The highest BCUT2D eigenvalue weighted by Crippen LogP contribution is 2.26. The van der Waals surface area contributed by atoms with Gasteiger partial charge in [-0.2, -0.15) is 11.8 Å². The SMILES string of the molecule is N=C(N)c1cc(Br)ccc1N1CCSCC1. The van der Waals surface area contributed by atoms with Crippen LogP contribution in [0, 0.1) is 5.41 Å². The minimum absolute atomic E-state index is 0.134. The van der Waals surface area contributed by atoms with Gasteiger partial charge in [-0.1, -0.05) is 15.9 Å². The molecule has 1 saturated heterocycles. The van der Waals surface area contributed by atoms with E-state index in [4.69, 9.17) is 11.1 Å². The van der Waals surface area contributed by atoms with Gasteiger partial charge >= 0.3 is 0 Å². The number of nitrogen functional groups attached to an aromatic ring is 1. The summed E-state index contributed by atoms with van der Waals surface area (Å²) in [6.45, 7) is 2.07. The third-order valence-corrected chi connectivity index (χ3v) is 4.04. The average Bonchev–Trinajstić information content (AvgIpc) is 2.30. The molecule has 86 valence electrons. The first-order valence-corrected chi connectivity index (χ1v) is 7.10. The van der Waals surface area contributed by atoms with E-state index in [9.17, 15) is 0 Å². The molecule has 16 heavy (non-hydrogen) atoms. The van der Waals surface area contributed by atoms with Crippen LogP contribution in [-0.2, 0) is 0 Å². The highest BCUT2D eigenvalue weighted by Gasteiger charge is 2.15. The van der Waals surface area contributed by atoms with Crippen molar-refractivity contribution in [3.63, 3.8) is 0 Å². The van der Waals surface area contributed by atoms with Gasteiger partial charge in [0.25, 0.3) is 0 Å². The van der Waals surface area contributed by atoms with E-state index in [1.165, 1.54) is 0 Å². The number of nitrogens with one attached hydrogen (secondary N) is 1. The lowest BCUT2D eigenvalue weighted by molar-refractivity contribution is 0.857. The molecule has 0 saturated carbocycles. The van der Waals surface area contributed by atoms with Crippen molar-refractivity contribution in [2.75, 3.05) is 29.5 Å². The standard InChI is InChI=1S/C11H14BrN3S/c12-8-1-2-10(9(7-8)11(13)14)15-3-5-16-6-4-15/h1-2,7H,3-6H2,(H3,13,14). The number of nitrogens with zero attached hydrogens (tertiary/aromatic N) is 1. The summed E-state index contributed by atoms with van der Waals surface area (Å²) >= 11 is 5.39. The zero-order valence-electron chi connectivity index (χ0n) is 8.87. The zero-order valence-corrected chi connectivity index (χ0v) is 11.3. The van der Waals surface area contributed by atoms with Crippen molar-refractivity contribution in [2.24, 2.45) is 5.73 Å². The predicted octanol–water partition coefficient (Wildman–Crippen LogP) is 2.29. The average molecular weight is 300 g/mol. The molecule has 2 rings (SSSR count). The van der Waals surface area contributed by atoms with Crippen LogP contribution in [0.1, 0.15) is 5.56 Å². The second kappa shape index (κ2) is 5.10. The first-order valence-electron chi connectivity index (χ1n) is 5.15. The molecule has 0 aliphatic carbocycles. The summed E-state index contributed by atoms with van der Waals surface area (Å²) < 4.78 is 0.966. The highest BCUT2D eigenvalue weighted by atomic mass is 79.9. The Morgan fingerprint density at radius 2 is 2.06 bits per heavy atom. The molecule has 1 heterocycles. The summed E-state index contributed by atoms with van der Waals surface area (Å²) in [6.07, 6.45) is 0. The van der Waals surface area contributed by atoms with Crippen LogP contribution in [-0.4, -0.2) is 30.4 Å². The second-order valence-corrected chi connectivity index (χ2v) is 5.81. The van der Waals surface area contributed by atoms with Crippen LogP contribution in [0.5, 0.6) is 0 Å². The number of hydrogen-bond acceptors (Lipinski definition) is 3. The molecular weight excluding hydrogens is 286 g/mol. The Bertz CT molecular complexity index is 402. The second-order valence-electron chi connectivity index (χ2n) is 3.67. The molecule has 0 radical (unpaired) electrons. The lowest BCUT2D eigenvalue weighted by Gasteiger charge is -2.30. The van der Waals surface area contributed by atoms with Crippen LogP contribution in [0.3, 0.4) is 0 Å². The van der Waals surface area contributed by atoms with E-state index in [-0.39, 0.29) is 5.84 Å². The van der Waals surface area contributed by atoms with Crippen molar-refractivity contribution in [1.29, 1.82) is 5.41 Å². The summed E-state index contributed by atoms with van der Waals surface area (Å²) in [5.41, 5.74) is 7.52. The fourth-order valence-electron chi connectivity index (χ4n) is 1.80. The van der Waals surface area contributed by atoms with Crippen LogP contribution < -0.4 is 10.6 Å². The normalized spacial score (nSPS) is 16.2. The quantitative estimate of drug-likeness (QED) is 0.651. The van der Waals surface area contributed by atoms with Crippen LogP contribution in [0.2, 0.25) is 0 Å². The molecule has 5 heteroatoms. The molecule has 0 spiro atoms. The molecule has 0 amide bonds. The van der Waals surface area contributed by atoms with Gasteiger partial charge < -0.3 is 10.6 Å². The summed E-state index contributed by atoms with van der Waals surface area (Å²) in [6, 6.07) is 5.96. The number of nitrogens with two attached hydrogens (primary N) is 1. The van der Waals surface area contributed by atoms with E-state index < -0.39 is 0 Å². The molecule has 3 nitrogen and oxygen atoms in total. The van der Waals surface area contributed by atoms with Gasteiger partial charge in [-0.3, -0.25) is 5.41 Å². The smallest absolute Gasteiger partial charge is 0.124 e. The zero-order chi connectivity index (χ0) is 11.5. The van der Waals surface area contributed by atoms with Gasteiger partial charge in [0.15, 0.2) is 0 Å². The summed E-state index contributed by atoms with van der Waals surface area (Å²) in [4.78, 5) is 2.31. The first kappa shape index (κ1) is 11.8. The molecule has 0 unspecified atom stereocenters. The van der Waals surface area contributed by atoms with Crippen molar-refractivity contribution in [2.45, 2.75) is 0 Å². The number of thioether (sulfide) groups is 1. The molecule has 0 atom stereocenters. The minimum Gasteiger partial charge on any atom is -0.384 e. The largest absolute Gasteiger partial charge is 0.384 e. The highest BCUT2D eigenvalue weighted by molar-refractivity contribution is 9.10. The van der Waals surface area contributed by atoms with Crippen molar-refractivity contribution in [3.8, 4) is 0 Å². The van der Waals surface area contributed by atoms with Crippen molar-refractivity contribution < 1.29 is 0 Å². The molecule has 1 aromatic rings. The molecule has 1 aliphatic heterocycles. The Labute approximate surface area is 108 Å². The molecule has 0 bridgehead atoms. The maximum Gasteiger partial charge on any atom is 0.124 e. The Balaban J connectivity index is 2.34. The molecule has 3 N–H and O–H groups in total. The van der Waals surface area contributed by atoms with Crippen LogP contribution in [0.4, 0.5) is 5.69 Å².